The Morgan fingerprint density at radius 2 is 2.08 bits per heavy atom. The van der Waals surface area contributed by atoms with Gasteiger partial charge in [-0.05, 0) is 29.3 Å². The minimum absolute atomic E-state index is 0.00611. The lowest BCUT2D eigenvalue weighted by Crippen LogP contribution is -2.04. The van der Waals surface area contributed by atoms with Crippen LogP contribution in [0.2, 0.25) is 0 Å². The highest BCUT2D eigenvalue weighted by molar-refractivity contribution is 7.99. The summed E-state index contributed by atoms with van der Waals surface area (Å²) >= 11 is 1.52. The van der Waals surface area contributed by atoms with Crippen LogP contribution in [0.25, 0.3) is 0 Å². The van der Waals surface area contributed by atoms with E-state index in [0.29, 0.717) is 12.4 Å². The highest BCUT2D eigenvalue weighted by Crippen LogP contribution is 2.32. The average molecular weight is 344 g/mol. The number of tetrazole rings is 1. The highest BCUT2D eigenvalue weighted by Gasteiger charge is 2.19. The number of nitrogens with zero attached hydrogens (tertiary/aromatic N) is 6. The summed E-state index contributed by atoms with van der Waals surface area (Å²) in [5.74, 6) is 1.38. The Kier molecular flexibility index (Phi) is 5.58. The molecule has 0 saturated carbocycles. The van der Waals surface area contributed by atoms with Crippen molar-refractivity contribution in [3.05, 3.63) is 47.6 Å². The number of hydrogen-bond donors (Lipinski definition) is 0. The minimum atomic E-state index is -0.00611. The standard InChI is InChI=1S/C16H20N6OS/c1-3-4-10-14-17-15(23-19-14)12(2)24-16-18-20-21-22(16)11-13-8-6-5-7-9-13/h5-9,12H,3-4,10-11H2,1-2H3. The first-order valence-electron chi connectivity index (χ1n) is 8.05. The van der Waals surface area contributed by atoms with Crippen molar-refractivity contribution in [2.45, 2.75) is 50.1 Å². The molecule has 7 nitrogen and oxygen atoms in total. The average Bonchev–Trinajstić information content (AvgIpc) is 3.24. The summed E-state index contributed by atoms with van der Waals surface area (Å²) < 4.78 is 7.15. The lowest BCUT2D eigenvalue weighted by Gasteiger charge is -2.07. The van der Waals surface area contributed by atoms with E-state index in [1.54, 1.807) is 4.68 Å². The van der Waals surface area contributed by atoms with E-state index in [2.05, 4.69) is 44.7 Å². The number of thioether (sulfide) groups is 1. The largest absolute Gasteiger partial charge is 0.338 e. The predicted octanol–water partition coefficient (Wildman–Crippen LogP) is 3.30. The van der Waals surface area contributed by atoms with Crippen LogP contribution >= 0.6 is 11.8 Å². The van der Waals surface area contributed by atoms with E-state index in [9.17, 15) is 0 Å². The second-order valence-electron chi connectivity index (χ2n) is 5.52. The maximum Gasteiger partial charge on any atom is 0.239 e. The summed E-state index contributed by atoms with van der Waals surface area (Å²) in [6, 6.07) is 10.1. The summed E-state index contributed by atoms with van der Waals surface area (Å²) in [5, 5.41) is 16.7. The predicted molar refractivity (Wildman–Crippen MR) is 90.5 cm³/mol. The summed E-state index contributed by atoms with van der Waals surface area (Å²) in [4.78, 5) is 4.47. The number of unbranched alkanes of at least 4 members (excludes halogenated alkanes) is 1. The van der Waals surface area contributed by atoms with Gasteiger partial charge in [-0.2, -0.15) is 4.98 Å². The Labute approximate surface area is 144 Å². The summed E-state index contributed by atoms with van der Waals surface area (Å²) in [7, 11) is 0. The van der Waals surface area contributed by atoms with E-state index >= 15 is 0 Å². The van der Waals surface area contributed by atoms with Gasteiger partial charge in [-0.3, -0.25) is 0 Å². The molecule has 0 fully saturated rings. The Balaban J connectivity index is 1.65. The quantitative estimate of drug-likeness (QED) is 0.580. The topological polar surface area (TPSA) is 82.5 Å². The normalized spacial score (nSPS) is 12.4. The smallest absolute Gasteiger partial charge is 0.239 e. The van der Waals surface area contributed by atoms with E-state index < -0.39 is 0 Å². The Morgan fingerprint density at radius 3 is 2.88 bits per heavy atom. The lowest BCUT2D eigenvalue weighted by molar-refractivity contribution is 0.374. The van der Waals surface area contributed by atoms with E-state index in [4.69, 9.17) is 4.52 Å². The molecule has 0 N–H and O–H groups in total. The van der Waals surface area contributed by atoms with Crippen molar-refractivity contribution in [2.75, 3.05) is 0 Å². The molecule has 0 aliphatic rings. The number of rotatable bonds is 8. The van der Waals surface area contributed by atoms with E-state index in [-0.39, 0.29) is 5.25 Å². The lowest BCUT2D eigenvalue weighted by atomic mass is 10.2. The van der Waals surface area contributed by atoms with Crippen LogP contribution < -0.4 is 0 Å². The molecule has 0 aliphatic carbocycles. The fourth-order valence-electron chi connectivity index (χ4n) is 2.21. The molecule has 0 radical (unpaired) electrons. The molecule has 126 valence electrons. The maximum atomic E-state index is 5.37. The van der Waals surface area contributed by atoms with Crippen LogP contribution in [0.1, 0.15) is 49.2 Å². The van der Waals surface area contributed by atoms with Crippen LogP contribution in [-0.4, -0.2) is 30.3 Å². The van der Waals surface area contributed by atoms with Gasteiger partial charge in [-0.1, -0.05) is 60.6 Å². The van der Waals surface area contributed by atoms with Gasteiger partial charge in [0.2, 0.25) is 11.0 Å². The molecule has 0 amide bonds. The van der Waals surface area contributed by atoms with Gasteiger partial charge in [-0.25, -0.2) is 4.68 Å². The molecule has 1 aromatic carbocycles. The molecule has 0 bridgehead atoms. The first kappa shape index (κ1) is 16.6. The third kappa shape index (κ3) is 4.19. The molecule has 1 atom stereocenters. The number of benzene rings is 1. The Bertz CT molecular complexity index is 757. The monoisotopic (exact) mass is 344 g/mol. The SMILES string of the molecule is CCCCc1noc(C(C)Sc2nnnn2Cc2ccccc2)n1. The van der Waals surface area contributed by atoms with Crippen molar-refractivity contribution in [3.8, 4) is 0 Å². The van der Waals surface area contributed by atoms with Crippen molar-refractivity contribution in [1.82, 2.24) is 30.3 Å². The van der Waals surface area contributed by atoms with Crippen LogP contribution in [-0.2, 0) is 13.0 Å². The molecule has 0 saturated heterocycles. The summed E-state index contributed by atoms with van der Waals surface area (Å²) in [6.07, 6.45) is 3.03. The maximum absolute atomic E-state index is 5.37. The second-order valence-corrected chi connectivity index (χ2v) is 6.83. The van der Waals surface area contributed by atoms with Crippen molar-refractivity contribution in [2.24, 2.45) is 0 Å². The van der Waals surface area contributed by atoms with Gasteiger partial charge >= 0.3 is 0 Å². The van der Waals surface area contributed by atoms with Gasteiger partial charge in [0.25, 0.3) is 0 Å². The Hall–Kier alpha value is -2.22. The zero-order valence-corrected chi connectivity index (χ0v) is 14.6. The molecule has 0 spiro atoms. The van der Waals surface area contributed by atoms with Crippen LogP contribution in [0.3, 0.4) is 0 Å². The van der Waals surface area contributed by atoms with Crippen LogP contribution in [0.5, 0.6) is 0 Å². The van der Waals surface area contributed by atoms with E-state index in [1.807, 2.05) is 25.1 Å². The van der Waals surface area contributed by atoms with Gasteiger partial charge in [0.15, 0.2) is 5.82 Å². The van der Waals surface area contributed by atoms with Gasteiger partial charge in [0.05, 0.1) is 11.8 Å². The molecule has 3 rings (SSSR count). The molecule has 8 heteroatoms. The first-order valence-corrected chi connectivity index (χ1v) is 8.93. The van der Waals surface area contributed by atoms with Crippen LogP contribution in [0.15, 0.2) is 40.0 Å². The molecule has 1 unspecified atom stereocenters. The highest BCUT2D eigenvalue weighted by atomic mass is 32.2. The summed E-state index contributed by atoms with van der Waals surface area (Å²) in [5.41, 5.74) is 1.15. The fourth-order valence-corrected chi connectivity index (χ4v) is 3.03. The minimum Gasteiger partial charge on any atom is -0.338 e. The molecule has 0 aliphatic heterocycles. The number of hydrogen-bond acceptors (Lipinski definition) is 7. The fraction of sp³-hybridized carbons (Fsp3) is 0.438. The van der Waals surface area contributed by atoms with Crippen LogP contribution in [0.4, 0.5) is 0 Å². The van der Waals surface area contributed by atoms with Crippen molar-refractivity contribution >= 4 is 11.8 Å². The van der Waals surface area contributed by atoms with Crippen molar-refractivity contribution in [3.63, 3.8) is 0 Å². The molecular weight excluding hydrogens is 324 g/mol. The molecule has 2 aromatic heterocycles. The number of aryl methyl sites for hydroxylation is 1. The Morgan fingerprint density at radius 1 is 1.25 bits per heavy atom. The van der Waals surface area contributed by atoms with Crippen molar-refractivity contribution in [1.29, 1.82) is 0 Å². The molecule has 24 heavy (non-hydrogen) atoms. The second kappa shape index (κ2) is 8.05. The zero-order chi connectivity index (χ0) is 16.8. The first-order chi connectivity index (χ1) is 11.8. The zero-order valence-electron chi connectivity index (χ0n) is 13.8. The molecular formula is C16H20N6OS. The van der Waals surface area contributed by atoms with Gasteiger partial charge in [0.1, 0.15) is 0 Å². The third-order valence-electron chi connectivity index (χ3n) is 3.54. The molecule has 3 aromatic rings. The number of aromatic nitrogens is 6. The van der Waals surface area contributed by atoms with Crippen molar-refractivity contribution < 1.29 is 4.52 Å². The molecule has 2 heterocycles. The van der Waals surface area contributed by atoms with E-state index in [0.717, 1.165) is 35.8 Å². The van der Waals surface area contributed by atoms with Gasteiger partial charge < -0.3 is 4.52 Å². The third-order valence-corrected chi connectivity index (χ3v) is 4.60. The van der Waals surface area contributed by atoms with Gasteiger partial charge in [0, 0.05) is 6.42 Å². The summed E-state index contributed by atoms with van der Waals surface area (Å²) in [6.45, 7) is 4.80. The van der Waals surface area contributed by atoms with Crippen LogP contribution in [0, 0.1) is 0 Å². The van der Waals surface area contributed by atoms with Gasteiger partial charge in [-0.15, -0.1) is 5.10 Å². The van der Waals surface area contributed by atoms with E-state index in [1.165, 1.54) is 11.8 Å².